The van der Waals surface area contributed by atoms with E-state index in [0.29, 0.717) is 18.6 Å². The molecule has 0 aromatic rings. The molecule has 0 aromatic carbocycles. The zero-order valence-corrected chi connectivity index (χ0v) is 12.3. The lowest BCUT2D eigenvalue weighted by atomic mass is 9.86. The quantitative estimate of drug-likeness (QED) is 0.635. The van der Waals surface area contributed by atoms with E-state index in [9.17, 15) is 0 Å². The molecule has 0 radical (unpaired) electrons. The third-order valence-electron chi connectivity index (χ3n) is 4.22. The molecule has 4 N–H and O–H groups in total. The highest BCUT2D eigenvalue weighted by Gasteiger charge is 2.34. The van der Waals surface area contributed by atoms with Gasteiger partial charge in [-0.3, -0.25) is 0 Å². The summed E-state index contributed by atoms with van der Waals surface area (Å²) in [6.07, 6.45) is 4.15. The summed E-state index contributed by atoms with van der Waals surface area (Å²) in [4.78, 5) is 2.52. The summed E-state index contributed by atoms with van der Waals surface area (Å²) in [5, 5.41) is 12.6. The monoisotopic (exact) mass is 257 g/mol. The highest BCUT2D eigenvalue weighted by Crippen LogP contribution is 2.23. The van der Waals surface area contributed by atoms with Gasteiger partial charge in [-0.1, -0.05) is 0 Å². The Balaban J connectivity index is 2.45. The standard InChI is InChI=1S/C14H31N3O/c1-12(2)17-8-6-14(11-15,7-9-17)16-13(3)5-4-10-18/h12-13,16,18H,4-11,15H2,1-3H3. The molecular weight excluding hydrogens is 226 g/mol. The molecule has 1 aliphatic heterocycles. The van der Waals surface area contributed by atoms with E-state index in [4.69, 9.17) is 10.8 Å². The first-order valence-electron chi connectivity index (χ1n) is 7.35. The molecular formula is C14H31N3O. The second-order valence-electron chi connectivity index (χ2n) is 6.03. The van der Waals surface area contributed by atoms with Crippen molar-refractivity contribution in [3.63, 3.8) is 0 Å². The van der Waals surface area contributed by atoms with E-state index in [-0.39, 0.29) is 12.1 Å². The van der Waals surface area contributed by atoms with Gasteiger partial charge < -0.3 is 21.1 Å². The van der Waals surface area contributed by atoms with Crippen LogP contribution in [0.5, 0.6) is 0 Å². The van der Waals surface area contributed by atoms with E-state index in [1.54, 1.807) is 0 Å². The Labute approximate surface area is 112 Å². The van der Waals surface area contributed by atoms with Crippen LogP contribution in [0.25, 0.3) is 0 Å². The summed E-state index contributed by atoms with van der Waals surface area (Å²) in [7, 11) is 0. The number of nitrogens with two attached hydrogens (primary N) is 1. The molecule has 108 valence electrons. The lowest BCUT2D eigenvalue weighted by Gasteiger charge is -2.44. The Bertz CT molecular complexity index is 225. The van der Waals surface area contributed by atoms with Crippen LogP contribution >= 0.6 is 0 Å². The van der Waals surface area contributed by atoms with Crippen molar-refractivity contribution in [1.29, 1.82) is 0 Å². The van der Waals surface area contributed by atoms with Crippen molar-refractivity contribution in [2.75, 3.05) is 26.2 Å². The lowest BCUT2D eigenvalue weighted by molar-refractivity contribution is 0.105. The number of nitrogens with one attached hydrogen (secondary N) is 1. The molecule has 4 heteroatoms. The fourth-order valence-corrected chi connectivity index (χ4v) is 2.87. The fourth-order valence-electron chi connectivity index (χ4n) is 2.87. The molecule has 1 aliphatic rings. The van der Waals surface area contributed by atoms with Crippen molar-refractivity contribution in [2.45, 2.75) is 64.1 Å². The number of aliphatic hydroxyl groups excluding tert-OH is 1. The van der Waals surface area contributed by atoms with Crippen LogP contribution in [0, 0.1) is 0 Å². The molecule has 0 aliphatic carbocycles. The number of likely N-dealkylation sites (tertiary alicyclic amines) is 1. The molecule has 0 aromatic heterocycles. The minimum absolute atomic E-state index is 0.111. The van der Waals surface area contributed by atoms with Crippen LogP contribution in [0.3, 0.4) is 0 Å². The molecule has 0 amide bonds. The zero-order valence-electron chi connectivity index (χ0n) is 12.3. The second kappa shape index (κ2) is 7.43. The molecule has 1 saturated heterocycles. The molecule has 0 spiro atoms. The van der Waals surface area contributed by atoms with Gasteiger partial charge in [-0.15, -0.1) is 0 Å². The van der Waals surface area contributed by atoms with Crippen molar-refractivity contribution in [3.8, 4) is 0 Å². The van der Waals surface area contributed by atoms with Crippen LogP contribution in [-0.4, -0.2) is 53.9 Å². The molecule has 4 nitrogen and oxygen atoms in total. The van der Waals surface area contributed by atoms with Crippen LogP contribution in [-0.2, 0) is 0 Å². The Morgan fingerprint density at radius 2 is 1.89 bits per heavy atom. The topological polar surface area (TPSA) is 61.5 Å². The van der Waals surface area contributed by atoms with Crippen molar-refractivity contribution in [1.82, 2.24) is 10.2 Å². The van der Waals surface area contributed by atoms with Crippen molar-refractivity contribution >= 4 is 0 Å². The molecule has 18 heavy (non-hydrogen) atoms. The largest absolute Gasteiger partial charge is 0.396 e. The van der Waals surface area contributed by atoms with Crippen LogP contribution in [0.1, 0.15) is 46.5 Å². The maximum Gasteiger partial charge on any atom is 0.0431 e. The Hall–Kier alpha value is -0.160. The van der Waals surface area contributed by atoms with E-state index in [1.807, 2.05) is 0 Å². The number of nitrogens with zero attached hydrogens (tertiary/aromatic N) is 1. The highest BCUT2D eigenvalue weighted by atomic mass is 16.2. The van der Waals surface area contributed by atoms with Crippen LogP contribution in [0.15, 0.2) is 0 Å². The van der Waals surface area contributed by atoms with Gasteiger partial charge in [-0.05, 0) is 46.5 Å². The molecule has 1 heterocycles. The van der Waals surface area contributed by atoms with Gasteiger partial charge in [0.1, 0.15) is 0 Å². The zero-order chi connectivity index (χ0) is 13.6. The molecule has 0 saturated carbocycles. The van der Waals surface area contributed by atoms with Gasteiger partial charge in [0.25, 0.3) is 0 Å². The third kappa shape index (κ3) is 4.50. The molecule has 1 atom stereocenters. The first-order chi connectivity index (χ1) is 8.53. The molecule has 1 unspecified atom stereocenters. The van der Waals surface area contributed by atoms with E-state index >= 15 is 0 Å². The highest BCUT2D eigenvalue weighted by molar-refractivity contribution is 4.96. The smallest absolute Gasteiger partial charge is 0.0431 e. The number of hydrogen-bond donors (Lipinski definition) is 3. The van der Waals surface area contributed by atoms with Gasteiger partial charge >= 0.3 is 0 Å². The average molecular weight is 257 g/mol. The van der Waals surface area contributed by atoms with Crippen LogP contribution in [0.2, 0.25) is 0 Å². The predicted octanol–water partition coefficient (Wildman–Crippen LogP) is 0.939. The Kier molecular flexibility index (Phi) is 6.57. The molecule has 1 rings (SSSR count). The predicted molar refractivity (Wildman–Crippen MR) is 76.6 cm³/mol. The lowest BCUT2D eigenvalue weighted by Crippen LogP contribution is -2.60. The van der Waals surface area contributed by atoms with Crippen molar-refractivity contribution < 1.29 is 5.11 Å². The van der Waals surface area contributed by atoms with Gasteiger partial charge in [0.2, 0.25) is 0 Å². The maximum atomic E-state index is 8.88. The van der Waals surface area contributed by atoms with E-state index in [2.05, 4.69) is 31.0 Å². The van der Waals surface area contributed by atoms with Gasteiger partial charge in [0.15, 0.2) is 0 Å². The van der Waals surface area contributed by atoms with Gasteiger partial charge in [-0.25, -0.2) is 0 Å². The SMILES string of the molecule is CC(CCCO)NC1(CN)CCN(C(C)C)CC1. The summed E-state index contributed by atoms with van der Waals surface area (Å²) in [5.74, 6) is 0. The number of hydrogen-bond acceptors (Lipinski definition) is 4. The van der Waals surface area contributed by atoms with Crippen LogP contribution < -0.4 is 11.1 Å². The number of aliphatic hydroxyl groups is 1. The summed E-state index contributed by atoms with van der Waals surface area (Å²) < 4.78 is 0. The second-order valence-corrected chi connectivity index (χ2v) is 6.03. The van der Waals surface area contributed by atoms with Crippen LogP contribution in [0.4, 0.5) is 0 Å². The average Bonchev–Trinajstić information content (AvgIpc) is 2.37. The third-order valence-corrected chi connectivity index (χ3v) is 4.22. The summed E-state index contributed by atoms with van der Waals surface area (Å²) in [5.41, 5.74) is 6.12. The van der Waals surface area contributed by atoms with E-state index < -0.39 is 0 Å². The number of piperidine rings is 1. The summed E-state index contributed by atoms with van der Waals surface area (Å²) in [6, 6.07) is 1.07. The minimum atomic E-state index is 0.111. The van der Waals surface area contributed by atoms with E-state index in [0.717, 1.165) is 38.8 Å². The normalized spacial score (nSPS) is 22.3. The number of rotatable bonds is 7. The van der Waals surface area contributed by atoms with Gasteiger partial charge in [0, 0.05) is 43.9 Å². The van der Waals surface area contributed by atoms with E-state index in [1.165, 1.54) is 0 Å². The summed E-state index contributed by atoms with van der Waals surface area (Å²) >= 11 is 0. The fraction of sp³-hybridized carbons (Fsp3) is 1.00. The van der Waals surface area contributed by atoms with Crippen molar-refractivity contribution in [3.05, 3.63) is 0 Å². The maximum absolute atomic E-state index is 8.88. The Morgan fingerprint density at radius 1 is 1.28 bits per heavy atom. The summed E-state index contributed by atoms with van der Waals surface area (Å²) in [6.45, 7) is 9.97. The van der Waals surface area contributed by atoms with Gasteiger partial charge in [-0.2, -0.15) is 0 Å². The molecule has 1 fully saturated rings. The first kappa shape index (κ1) is 15.9. The molecule has 0 bridgehead atoms. The Morgan fingerprint density at radius 3 is 2.33 bits per heavy atom. The van der Waals surface area contributed by atoms with Crippen molar-refractivity contribution in [2.24, 2.45) is 5.73 Å². The first-order valence-corrected chi connectivity index (χ1v) is 7.35. The minimum Gasteiger partial charge on any atom is -0.396 e. The van der Waals surface area contributed by atoms with Gasteiger partial charge in [0.05, 0.1) is 0 Å².